The number of hydrogen-bond acceptors (Lipinski definition) is 6. The predicted octanol–water partition coefficient (Wildman–Crippen LogP) is 4.15. The summed E-state index contributed by atoms with van der Waals surface area (Å²) >= 11 is 0. The van der Waals surface area contributed by atoms with E-state index in [1.165, 1.54) is 0 Å². The Morgan fingerprint density at radius 3 is 2.43 bits per heavy atom. The maximum absolute atomic E-state index is 14.1. The number of likely N-dealkylation sites (N-methyl/N-ethyl adjacent to an activating group) is 1. The third-order valence-corrected chi connectivity index (χ3v) is 7.90. The van der Waals surface area contributed by atoms with E-state index in [9.17, 15) is 19.5 Å². The number of piperazine rings is 1. The van der Waals surface area contributed by atoms with Crippen LogP contribution in [-0.4, -0.2) is 80.1 Å². The second-order valence-electron chi connectivity index (χ2n) is 10.7. The minimum atomic E-state index is -0.827. The van der Waals surface area contributed by atoms with E-state index in [4.69, 9.17) is 0 Å². The van der Waals surface area contributed by atoms with Crippen LogP contribution >= 0.6 is 0 Å². The molecule has 0 saturated carbocycles. The molecule has 44 heavy (non-hydrogen) atoms. The summed E-state index contributed by atoms with van der Waals surface area (Å²) in [6, 6.07) is 24.7. The number of nitrogens with zero attached hydrogens (tertiary/aromatic N) is 5. The number of urea groups is 1. The molecule has 0 aliphatic carbocycles. The van der Waals surface area contributed by atoms with Crippen molar-refractivity contribution < 1.29 is 19.5 Å². The van der Waals surface area contributed by atoms with Crippen LogP contribution in [0.2, 0.25) is 0 Å². The SMILES string of the molecule is CC.CN1CC(=O)N2C(CN(Cc3cccc4ncccc34)C(=O)[C@@H]2Cc2ccc(O)cc2)N1C(=O)NCc1ccccc1. The van der Waals surface area contributed by atoms with Gasteiger partial charge in [0.15, 0.2) is 0 Å². The number of phenolic OH excluding ortho intramolecular Hbond substituents is 1. The number of pyridine rings is 1. The Bertz CT molecular complexity index is 1610. The molecule has 2 aliphatic heterocycles. The second kappa shape index (κ2) is 13.6. The Kier molecular flexibility index (Phi) is 9.40. The Morgan fingerprint density at radius 1 is 0.932 bits per heavy atom. The number of hydrogen-bond donors (Lipinski definition) is 2. The molecule has 2 N–H and O–H groups in total. The molecule has 4 amide bonds. The van der Waals surface area contributed by atoms with Crippen molar-refractivity contribution in [2.75, 3.05) is 20.1 Å². The Balaban J connectivity index is 0.00000188. The number of aromatic nitrogens is 1. The van der Waals surface area contributed by atoms with E-state index in [1.807, 2.05) is 74.5 Å². The standard InChI is InChI=1S/C32H32N6O4.C2H6/c1-35-21-30(40)37-28(17-22-12-14-25(39)15-13-22)31(41)36(19-24-9-5-11-27-26(24)10-6-16-33-27)20-29(37)38(35)32(42)34-18-23-7-3-2-4-8-23;1-2/h2-16,28-29,39H,17-21H2,1H3,(H,34,42);1-2H3/t28-,29?;/m0./s1. The average Bonchev–Trinajstić information content (AvgIpc) is 3.04. The molecule has 1 unspecified atom stereocenters. The zero-order valence-electron chi connectivity index (χ0n) is 25.3. The lowest BCUT2D eigenvalue weighted by molar-refractivity contribution is -0.187. The molecule has 0 bridgehead atoms. The Hall–Kier alpha value is -4.96. The molecule has 2 fully saturated rings. The van der Waals surface area contributed by atoms with Crippen LogP contribution < -0.4 is 5.32 Å². The van der Waals surface area contributed by atoms with Crippen molar-refractivity contribution in [3.8, 4) is 5.75 Å². The zero-order chi connectivity index (χ0) is 31.2. The van der Waals surface area contributed by atoms with Crippen LogP contribution in [0.5, 0.6) is 5.75 Å². The van der Waals surface area contributed by atoms with Gasteiger partial charge in [-0.2, -0.15) is 0 Å². The average molecular weight is 595 g/mol. The molecule has 1 aromatic heterocycles. The van der Waals surface area contributed by atoms with Gasteiger partial charge in [0.25, 0.3) is 0 Å². The third kappa shape index (κ3) is 6.35. The molecule has 4 aromatic rings. The van der Waals surface area contributed by atoms with E-state index in [0.717, 1.165) is 27.6 Å². The minimum Gasteiger partial charge on any atom is -0.508 e. The van der Waals surface area contributed by atoms with Crippen LogP contribution in [0.1, 0.15) is 30.5 Å². The van der Waals surface area contributed by atoms with Gasteiger partial charge in [-0.3, -0.25) is 14.6 Å². The lowest BCUT2D eigenvalue weighted by Gasteiger charge is -2.54. The first kappa shape index (κ1) is 30.5. The minimum absolute atomic E-state index is 0.0381. The van der Waals surface area contributed by atoms with Gasteiger partial charge in [-0.15, -0.1) is 0 Å². The van der Waals surface area contributed by atoms with Gasteiger partial charge in [0.1, 0.15) is 18.0 Å². The van der Waals surface area contributed by atoms with E-state index in [1.54, 1.807) is 57.3 Å². The molecule has 10 nitrogen and oxygen atoms in total. The highest BCUT2D eigenvalue weighted by atomic mass is 16.3. The first-order chi connectivity index (χ1) is 21.4. The number of carbonyl (C=O) groups excluding carboxylic acids is 3. The highest BCUT2D eigenvalue weighted by Crippen LogP contribution is 2.30. The number of hydrazine groups is 1. The fourth-order valence-electron chi connectivity index (χ4n) is 5.87. The number of fused-ring (bicyclic) bond motifs is 2. The normalized spacial score (nSPS) is 18.5. The molecule has 0 spiro atoms. The maximum Gasteiger partial charge on any atom is 0.334 e. The van der Waals surface area contributed by atoms with Crippen LogP contribution in [0, 0.1) is 0 Å². The van der Waals surface area contributed by atoms with Crippen LogP contribution in [0.25, 0.3) is 10.9 Å². The van der Waals surface area contributed by atoms with Gasteiger partial charge in [0, 0.05) is 38.1 Å². The molecular formula is C34H38N6O4. The van der Waals surface area contributed by atoms with Gasteiger partial charge in [0.05, 0.1) is 18.6 Å². The quantitative estimate of drug-likeness (QED) is 0.347. The number of nitrogens with one attached hydrogen (secondary N) is 1. The number of benzene rings is 3. The molecule has 2 saturated heterocycles. The first-order valence-electron chi connectivity index (χ1n) is 14.9. The van der Waals surface area contributed by atoms with Gasteiger partial charge in [0.2, 0.25) is 11.8 Å². The van der Waals surface area contributed by atoms with E-state index in [0.29, 0.717) is 13.1 Å². The zero-order valence-corrected chi connectivity index (χ0v) is 25.3. The molecular weight excluding hydrogens is 556 g/mol. The maximum atomic E-state index is 14.1. The van der Waals surface area contributed by atoms with Crippen molar-refractivity contribution in [3.63, 3.8) is 0 Å². The lowest BCUT2D eigenvalue weighted by Crippen LogP contribution is -2.76. The van der Waals surface area contributed by atoms with E-state index < -0.39 is 12.2 Å². The highest BCUT2D eigenvalue weighted by molar-refractivity contribution is 5.92. The molecule has 2 aliphatic rings. The van der Waals surface area contributed by atoms with Crippen molar-refractivity contribution in [3.05, 3.63) is 108 Å². The Morgan fingerprint density at radius 2 is 1.68 bits per heavy atom. The van der Waals surface area contributed by atoms with Crippen molar-refractivity contribution in [1.29, 1.82) is 0 Å². The topological polar surface area (TPSA) is 109 Å². The summed E-state index contributed by atoms with van der Waals surface area (Å²) in [5.74, 6) is -0.293. The van der Waals surface area contributed by atoms with Crippen LogP contribution in [0.4, 0.5) is 4.79 Å². The number of aromatic hydroxyl groups is 1. The molecule has 0 radical (unpaired) electrons. The molecule has 3 aromatic carbocycles. The second-order valence-corrected chi connectivity index (χ2v) is 10.7. The summed E-state index contributed by atoms with van der Waals surface area (Å²) in [5, 5.41) is 16.9. The molecule has 2 atom stereocenters. The number of phenols is 1. The van der Waals surface area contributed by atoms with Crippen LogP contribution in [0.3, 0.4) is 0 Å². The van der Waals surface area contributed by atoms with Crippen LogP contribution in [0.15, 0.2) is 91.1 Å². The fraction of sp³-hybridized carbons (Fsp3) is 0.294. The van der Waals surface area contributed by atoms with Crippen LogP contribution in [-0.2, 0) is 29.1 Å². The summed E-state index contributed by atoms with van der Waals surface area (Å²) in [4.78, 5) is 49.1. The van der Waals surface area contributed by atoms with Gasteiger partial charge >= 0.3 is 6.03 Å². The largest absolute Gasteiger partial charge is 0.508 e. The van der Waals surface area contributed by atoms with Crippen molar-refractivity contribution in [1.82, 2.24) is 30.1 Å². The smallest absolute Gasteiger partial charge is 0.334 e. The van der Waals surface area contributed by atoms with E-state index in [-0.39, 0.29) is 43.1 Å². The molecule has 3 heterocycles. The number of amides is 4. The summed E-state index contributed by atoms with van der Waals surface area (Å²) < 4.78 is 0. The van der Waals surface area contributed by atoms with Gasteiger partial charge in [-0.25, -0.2) is 14.8 Å². The molecule has 10 heteroatoms. The van der Waals surface area contributed by atoms with Crippen molar-refractivity contribution in [2.24, 2.45) is 0 Å². The lowest BCUT2D eigenvalue weighted by atomic mass is 9.98. The molecule has 228 valence electrons. The van der Waals surface area contributed by atoms with Gasteiger partial charge in [-0.05, 0) is 41.0 Å². The first-order valence-corrected chi connectivity index (χ1v) is 14.9. The third-order valence-electron chi connectivity index (χ3n) is 7.90. The summed E-state index contributed by atoms with van der Waals surface area (Å²) in [5.41, 5.74) is 3.51. The summed E-state index contributed by atoms with van der Waals surface area (Å²) in [7, 11) is 1.71. The van der Waals surface area contributed by atoms with E-state index >= 15 is 0 Å². The highest BCUT2D eigenvalue weighted by Gasteiger charge is 2.50. The van der Waals surface area contributed by atoms with Crippen molar-refractivity contribution in [2.45, 2.75) is 45.6 Å². The Labute approximate surface area is 257 Å². The fourth-order valence-corrected chi connectivity index (χ4v) is 5.87. The number of rotatable bonds is 6. The predicted molar refractivity (Wildman–Crippen MR) is 168 cm³/mol. The van der Waals surface area contributed by atoms with Gasteiger partial charge in [-0.1, -0.05) is 74.5 Å². The molecule has 6 rings (SSSR count). The van der Waals surface area contributed by atoms with Crippen molar-refractivity contribution >= 4 is 28.7 Å². The summed E-state index contributed by atoms with van der Waals surface area (Å²) in [6.07, 6.45) is 1.28. The van der Waals surface area contributed by atoms with Gasteiger partial charge < -0.3 is 20.2 Å². The summed E-state index contributed by atoms with van der Waals surface area (Å²) in [6.45, 7) is 4.74. The monoisotopic (exact) mass is 594 g/mol. The van der Waals surface area contributed by atoms with E-state index in [2.05, 4.69) is 10.3 Å². The number of carbonyl (C=O) groups is 3.